The van der Waals surface area contributed by atoms with E-state index in [0.29, 0.717) is 22.6 Å². The lowest BCUT2D eigenvalue weighted by Crippen LogP contribution is -2.18. The van der Waals surface area contributed by atoms with Gasteiger partial charge in [0.1, 0.15) is 4.90 Å². The van der Waals surface area contributed by atoms with Crippen LogP contribution in [0.25, 0.3) is 16.7 Å². The predicted octanol–water partition coefficient (Wildman–Crippen LogP) is 2.49. The standard InChI is InChI=1S/C20H22N6O3S/c1-13-8-18(21-11-16(13)20(2,3)27)26-12-15(10-23-26)30(28,29)24-17-7-5-6-14-9-22-25(4)19(14)17/h5-12,24,27H,1-4H3. The van der Waals surface area contributed by atoms with Gasteiger partial charge in [-0.2, -0.15) is 10.2 Å². The molecule has 0 bridgehead atoms. The van der Waals surface area contributed by atoms with E-state index in [1.54, 1.807) is 56.2 Å². The van der Waals surface area contributed by atoms with E-state index >= 15 is 0 Å². The molecule has 2 N–H and O–H groups in total. The Hall–Kier alpha value is -3.24. The lowest BCUT2D eigenvalue weighted by Gasteiger charge is -2.20. The molecular formula is C20H22N6O3S. The zero-order valence-corrected chi connectivity index (χ0v) is 17.8. The Labute approximate surface area is 174 Å². The van der Waals surface area contributed by atoms with Crippen molar-refractivity contribution in [3.8, 4) is 5.82 Å². The Morgan fingerprint density at radius 3 is 2.60 bits per heavy atom. The highest BCUT2D eigenvalue weighted by atomic mass is 32.2. The lowest BCUT2D eigenvalue weighted by atomic mass is 9.96. The van der Waals surface area contributed by atoms with Crippen LogP contribution >= 0.6 is 0 Å². The molecule has 0 aliphatic carbocycles. The van der Waals surface area contributed by atoms with Crippen LogP contribution in [0.3, 0.4) is 0 Å². The molecule has 0 unspecified atom stereocenters. The fourth-order valence-corrected chi connectivity index (χ4v) is 4.39. The van der Waals surface area contributed by atoms with E-state index in [9.17, 15) is 13.5 Å². The first kappa shape index (κ1) is 20.0. The number of aliphatic hydroxyl groups is 1. The first-order valence-corrected chi connectivity index (χ1v) is 10.7. The fourth-order valence-electron chi connectivity index (χ4n) is 3.40. The van der Waals surface area contributed by atoms with Gasteiger partial charge in [-0.05, 0) is 38.5 Å². The molecule has 0 saturated heterocycles. The number of benzene rings is 1. The second-order valence-electron chi connectivity index (χ2n) is 7.65. The minimum Gasteiger partial charge on any atom is -0.386 e. The van der Waals surface area contributed by atoms with Crippen LogP contribution in [0.4, 0.5) is 5.69 Å². The average molecular weight is 427 g/mol. The summed E-state index contributed by atoms with van der Waals surface area (Å²) in [5.41, 5.74) is 1.62. The van der Waals surface area contributed by atoms with Crippen molar-refractivity contribution < 1.29 is 13.5 Å². The third-order valence-electron chi connectivity index (χ3n) is 4.86. The summed E-state index contributed by atoms with van der Waals surface area (Å²) in [5, 5.41) is 19.4. The van der Waals surface area contributed by atoms with E-state index in [0.717, 1.165) is 10.9 Å². The Morgan fingerprint density at radius 2 is 1.90 bits per heavy atom. The van der Waals surface area contributed by atoms with Gasteiger partial charge in [-0.3, -0.25) is 9.40 Å². The topological polar surface area (TPSA) is 115 Å². The number of sulfonamides is 1. The number of fused-ring (bicyclic) bond motifs is 1. The number of para-hydroxylation sites is 1. The van der Waals surface area contributed by atoms with Crippen molar-refractivity contribution in [3.05, 3.63) is 60.2 Å². The van der Waals surface area contributed by atoms with Crippen molar-refractivity contribution in [3.63, 3.8) is 0 Å². The summed E-state index contributed by atoms with van der Waals surface area (Å²) in [7, 11) is -2.12. The molecule has 9 nitrogen and oxygen atoms in total. The van der Waals surface area contributed by atoms with E-state index in [1.165, 1.54) is 17.1 Å². The van der Waals surface area contributed by atoms with Crippen LogP contribution < -0.4 is 4.72 Å². The first-order valence-electron chi connectivity index (χ1n) is 9.24. The van der Waals surface area contributed by atoms with Crippen molar-refractivity contribution in [2.24, 2.45) is 7.05 Å². The van der Waals surface area contributed by atoms with E-state index in [2.05, 4.69) is 19.9 Å². The van der Waals surface area contributed by atoms with E-state index in [1.807, 2.05) is 13.0 Å². The van der Waals surface area contributed by atoms with Gasteiger partial charge in [-0.15, -0.1) is 0 Å². The van der Waals surface area contributed by atoms with Crippen LogP contribution in [0.2, 0.25) is 0 Å². The van der Waals surface area contributed by atoms with Gasteiger partial charge in [0, 0.05) is 24.2 Å². The molecular weight excluding hydrogens is 404 g/mol. The average Bonchev–Trinajstić information content (AvgIpc) is 3.29. The maximum absolute atomic E-state index is 12.9. The Kier molecular flexibility index (Phi) is 4.63. The zero-order valence-electron chi connectivity index (χ0n) is 17.0. The van der Waals surface area contributed by atoms with Gasteiger partial charge in [0.2, 0.25) is 0 Å². The molecule has 0 atom stereocenters. The lowest BCUT2D eigenvalue weighted by molar-refractivity contribution is 0.0775. The number of nitrogens with zero attached hydrogens (tertiary/aromatic N) is 5. The summed E-state index contributed by atoms with van der Waals surface area (Å²) in [6.07, 6.45) is 5.92. The van der Waals surface area contributed by atoms with E-state index < -0.39 is 15.6 Å². The Bertz CT molecular complexity index is 1350. The molecule has 30 heavy (non-hydrogen) atoms. The van der Waals surface area contributed by atoms with Crippen molar-refractivity contribution in [1.29, 1.82) is 0 Å². The smallest absolute Gasteiger partial charge is 0.265 e. The van der Waals surface area contributed by atoms with Crippen LogP contribution in [0.5, 0.6) is 0 Å². The van der Waals surface area contributed by atoms with Gasteiger partial charge in [0.15, 0.2) is 5.82 Å². The molecule has 0 aliphatic heterocycles. The number of nitrogens with one attached hydrogen (secondary N) is 1. The van der Waals surface area contributed by atoms with Gasteiger partial charge in [-0.25, -0.2) is 18.1 Å². The minimum absolute atomic E-state index is 0.00712. The second-order valence-corrected chi connectivity index (χ2v) is 9.34. The summed E-state index contributed by atoms with van der Waals surface area (Å²) in [6.45, 7) is 5.23. The van der Waals surface area contributed by atoms with Crippen molar-refractivity contribution >= 4 is 26.6 Å². The third-order valence-corrected chi connectivity index (χ3v) is 6.18. The van der Waals surface area contributed by atoms with Gasteiger partial charge in [0.05, 0.1) is 35.4 Å². The second kappa shape index (κ2) is 6.92. The quantitative estimate of drug-likeness (QED) is 0.507. The van der Waals surface area contributed by atoms with Crippen LogP contribution in [0, 0.1) is 6.92 Å². The molecule has 3 heterocycles. The maximum atomic E-state index is 12.9. The van der Waals surface area contributed by atoms with Crippen LogP contribution in [0.1, 0.15) is 25.0 Å². The molecule has 0 amide bonds. The van der Waals surface area contributed by atoms with Crippen LogP contribution in [-0.2, 0) is 22.7 Å². The highest BCUT2D eigenvalue weighted by molar-refractivity contribution is 7.92. The third kappa shape index (κ3) is 3.55. The number of pyridine rings is 1. The van der Waals surface area contributed by atoms with Crippen molar-refractivity contribution in [2.45, 2.75) is 31.3 Å². The Morgan fingerprint density at radius 1 is 1.13 bits per heavy atom. The van der Waals surface area contributed by atoms with Crippen molar-refractivity contribution in [2.75, 3.05) is 4.72 Å². The summed E-state index contributed by atoms with van der Waals surface area (Å²) >= 11 is 0. The van der Waals surface area contributed by atoms with Gasteiger partial charge >= 0.3 is 0 Å². The summed E-state index contributed by atoms with van der Waals surface area (Å²) in [6, 6.07) is 7.07. The normalized spacial score (nSPS) is 12.4. The summed E-state index contributed by atoms with van der Waals surface area (Å²) < 4.78 is 31.5. The highest BCUT2D eigenvalue weighted by Crippen LogP contribution is 2.26. The molecule has 0 fully saturated rings. The summed E-state index contributed by atoms with van der Waals surface area (Å²) in [4.78, 5) is 4.32. The SMILES string of the molecule is Cc1cc(-n2cc(S(=O)(=O)Nc3cccc4cnn(C)c34)cn2)ncc1C(C)(C)O. The van der Waals surface area contributed by atoms with Gasteiger partial charge in [0.25, 0.3) is 10.0 Å². The molecule has 0 radical (unpaired) electrons. The maximum Gasteiger partial charge on any atom is 0.265 e. The van der Waals surface area contributed by atoms with Crippen LogP contribution in [-0.4, -0.2) is 38.1 Å². The molecule has 156 valence electrons. The number of anilines is 1. The predicted molar refractivity (Wildman–Crippen MR) is 113 cm³/mol. The molecule has 0 spiro atoms. The molecule has 10 heteroatoms. The molecule has 0 saturated carbocycles. The minimum atomic E-state index is -3.87. The zero-order chi connectivity index (χ0) is 21.7. The van der Waals surface area contributed by atoms with Crippen LogP contribution in [0.15, 0.2) is 53.9 Å². The number of hydrogen-bond acceptors (Lipinski definition) is 6. The molecule has 4 aromatic rings. The monoisotopic (exact) mass is 426 g/mol. The molecule has 1 aromatic carbocycles. The first-order chi connectivity index (χ1) is 14.1. The van der Waals surface area contributed by atoms with Gasteiger partial charge < -0.3 is 5.11 Å². The van der Waals surface area contributed by atoms with Gasteiger partial charge in [-0.1, -0.05) is 12.1 Å². The largest absolute Gasteiger partial charge is 0.386 e. The highest BCUT2D eigenvalue weighted by Gasteiger charge is 2.22. The Balaban J connectivity index is 1.66. The number of rotatable bonds is 5. The fraction of sp³-hybridized carbons (Fsp3) is 0.250. The number of hydrogen-bond donors (Lipinski definition) is 2. The van der Waals surface area contributed by atoms with E-state index in [4.69, 9.17) is 0 Å². The number of aryl methyl sites for hydroxylation is 2. The molecule has 3 aromatic heterocycles. The molecule has 4 rings (SSSR count). The van der Waals surface area contributed by atoms with Crippen molar-refractivity contribution in [1.82, 2.24) is 24.5 Å². The molecule has 0 aliphatic rings. The van der Waals surface area contributed by atoms with E-state index in [-0.39, 0.29) is 4.90 Å². The summed E-state index contributed by atoms with van der Waals surface area (Å²) in [5.74, 6) is 0.454. The number of aromatic nitrogens is 5.